The lowest BCUT2D eigenvalue weighted by atomic mass is 10.1. The maximum Gasteiger partial charge on any atom is 0.273 e. The monoisotopic (exact) mass is 298 g/mol. The fraction of sp³-hybridized carbons (Fsp3) is 0.250. The molecule has 5 nitrogen and oxygen atoms in total. The number of hydrogen-bond acceptors (Lipinski definition) is 3. The number of aromatic nitrogens is 3. The molecule has 2 N–H and O–H groups in total. The molecule has 0 saturated heterocycles. The Hall–Kier alpha value is -1.59. The third-order valence-electron chi connectivity index (χ3n) is 2.63. The molecule has 1 amide bonds. The molecule has 0 aliphatic heterocycles. The summed E-state index contributed by atoms with van der Waals surface area (Å²) >= 11 is 11.9. The van der Waals surface area contributed by atoms with Crippen molar-refractivity contribution in [2.24, 2.45) is 0 Å². The minimum atomic E-state index is -0.253. The van der Waals surface area contributed by atoms with Gasteiger partial charge in [-0.2, -0.15) is 15.4 Å². The van der Waals surface area contributed by atoms with E-state index in [0.29, 0.717) is 34.4 Å². The van der Waals surface area contributed by atoms with Crippen LogP contribution in [0.5, 0.6) is 0 Å². The Bertz CT molecular complexity index is 597. The van der Waals surface area contributed by atoms with Crippen LogP contribution in [-0.2, 0) is 6.42 Å². The summed E-state index contributed by atoms with van der Waals surface area (Å²) in [6.07, 6.45) is 0.624. The summed E-state index contributed by atoms with van der Waals surface area (Å²) in [6, 6.07) is 5.30. The standard InChI is InChI=1S/C12H12Cl2N4O/c1-7-11(17-18-16-7)12(19)15-5-4-8-2-3-9(13)6-10(8)14/h2-3,6H,4-5H2,1H3,(H,15,19)(H,16,17,18). The summed E-state index contributed by atoms with van der Waals surface area (Å²) in [6.45, 7) is 2.18. The minimum absolute atomic E-state index is 0.253. The molecule has 2 rings (SSSR count). The summed E-state index contributed by atoms with van der Waals surface area (Å²) in [5, 5.41) is 13.9. The van der Waals surface area contributed by atoms with Crippen molar-refractivity contribution >= 4 is 29.1 Å². The van der Waals surface area contributed by atoms with E-state index in [4.69, 9.17) is 23.2 Å². The molecule has 7 heteroatoms. The van der Waals surface area contributed by atoms with Gasteiger partial charge in [-0.25, -0.2) is 0 Å². The van der Waals surface area contributed by atoms with Gasteiger partial charge in [0.1, 0.15) is 0 Å². The summed E-state index contributed by atoms with van der Waals surface area (Å²) in [5.74, 6) is -0.253. The van der Waals surface area contributed by atoms with Crippen LogP contribution < -0.4 is 5.32 Å². The van der Waals surface area contributed by atoms with Crippen LogP contribution in [-0.4, -0.2) is 27.9 Å². The number of hydrogen-bond donors (Lipinski definition) is 2. The minimum Gasteiger partial charge on any atom is -0.350 e. The van der Waals surface area contributed by atoms with Gasteiger partial charge < -0.3 is 5.32 Å². The molecule has 0 bridgehead atoms. The van der Waals surface area contributed by atoms with Gasteiger partial charge in [0.05, 0.1) is 5.69 Å². The van der Waals surface area contributed by atoms with Crippen LogP contribution in [0.1, 0.15) is 21.7 Å². The number of nitrogens with one attached hydrogen (secondary N) is 2. The number of rotatable bonds is 4. The average molecular weight is 299 g/mol. The molecule has 100 valence electrons. The molecule has 0 fully saturated rings. The zero-order valence-electron chi connectivity index (χ0n) is 10.2. The van der Waals surface area contributed by atoms with Crippen molar-refractivity contribution < 1.29 is 4.79 Å². The van der Waals surface area contributed by atoms with E-state index in [1.54, 1.807) is 19.1 Å². The highest BCUT2D eigenvalue weighted by Crippen LogP contribution is 2.21. The van der Waals surface area contributed by atoms with E-state index < -0.39 is 0 Å². The number of benzene rings is 1. The molecule has 0 unspecified atom stereocenters. The normalized spacial score (nSPS) is 10.5. The van der Waals surface area contributed by atoms with Crippen LogP contribution in [0.2, 0.25) is 10.0 Å². The molecule has 0 aliphatic rings. The van der Waals surface area contributed by atoms with Gasteiger partial charge in [-0.3, -0.25) is 4.79 Å². The third-order valence-corrected chi connectivity index (χ3v) is 3.22. The maximum absolute atomic E-state index is 11.8. The number of H-pyrrole nitrogens is 1. The number of nitrogens with zero attached hydrogens (tertiary/aromatic N) is 2. The Morgan fingerprint density at radius 2 is 2.16 bits per heavy atom. The molecule has 1 aromatic carbocycles. The summed E-state index contributed by atoms with van der Waals surface area (Å²) in [7, 11) is 0. The summed E-state index contributed by atoms with van der Waals surface area (Å²) < 4.78 is 0. The first-order valence-electron chi connectivity index (χ1n) is 5.67. The Morgan fingerprint density at radius 1 is 1.37 bits per heavy atom. The second-order valence-corrected chi connectivity index (χ2v) is 4.84. The highest BCUT2D eigenvalue weighted by molar-refractivity contribution is 6.35. The zero-order valence-corrected chi connectivity index (χ0v) is 11.7. The Kier molecular flexibility index (Phi) is 4.39. The number of amides is 1. The van der Waals surface area contributed by atoms with Crippen molar-refractivity contribution in [1.29, 1.82) is 0 Å². The first kappa shape index (κ1) is 13.8. The molecule has 0 saturated carbocycles. The maximum atomic E-state index is 11.8. The van der Waals surface area contributed by atoms with E-state index in [1.165, 1.54) is 0 Å². The molecule has 0 atom stereocenters. The highest BCUT2D eigenvalue weighted by atomic mass is 35.5. The van der Waals surface area contributed by atoms with Crippen molar-refractivity contribution in [2.75, 3.05) is 6.54 Å². The van der Waals surface area contributed by atoms with Crippen LogP contribution >= 0.6 is 23.2 Å². The van der Waals surface area contributed by atoms with Gasteiger partial charge in [0, 0.05) is 16.6 Å². The van der Waals surface area contributed by atoms with Crippen LogP contribution in [0.3, 0.4) is 0 Å². The lowest BCUT2D eigenvalue weighted by molar-refractivity contribution is 0.0948. The second-order valence-electron chi connectivity index (χ2n) is 4.00. The lowest BCUT2D eigenvalue weighted by Gasteiger charge is -2.06. The predicted octanol–water partition coefficient (Wildman–Crippen LogP) is 2.39. The number of halogens is 2. The van der Waals surface area contributed by atoms with Gasteiger partial charge in [-0.15, -0.1) is 0 Å². The molecule has 0 spiro atoms. The van der Waals surface area contributed by atoms with Crippen molar-refractivity contribution in [3.05, 3.63) is 45.2 Å². The molecule has 0 radical (unpaired) electrons. The smallest absolute Gasteiger partial charge is 0.273 e. The first-order chi connectivity index (χ1) is 9.08. The third kappa shape index (κ3) is 3.45. The van der Waals surface area contributed by atoms with Gasteiger partial charge in [0.25, 0.3) is 5.91 Å². The van der Waals surface area contributed by atoms with Crippen LogP contribution in [0.15, 0.2) is 18.2 Å². The number of carbonyl (C=O) groups is 1. The molecule has 19 heavy (non-hydrogen) atoms. The fourth-order valence-corrected chi connectivity index (χ4v) is 2.12. The van der Waals surface area contributed by atoms with Crippen LogP contribution in [0.4, 0.5) is 0 Å². The Balaban J connectivity index is 1.90. The molecule has 2 aromatic rings. The van der Waals surface area contributed by atoms with E-state index in [9.17, 15) is 4.79 Å². The van der Waals surface area contributed by atoms with Crippen LogP contribution in [0, 0.1) is 6.92 Å². The van der Waals surface area contributed by atoms with Crippen LogP contribution in [0.25, 0.3) is 0 Å². The average Bonchev–Trinajstić information content (AvgIpc) is 2.78. The van der Waals surface area contributed by atoms with E-state index in [2.05, 4.69) is 20.7 Å². The molecular weight excluding hydrogens is 287 g/mol. The highest BCUT2D eigenvalue weighted by Gasteiger charge is 2.12. The fourth-order valence-electron chi connectivity index (χ4n) is 1.62. The molecular formula is C12H12Cl2N4O. The van der Waals surface area contributed by atoms with Gasteiger partial charge in [0.2, 0.25) is 0 Å². The van der Waals surface area contributed by atoms with E-state index in [-0.39, 0.29) is 5.91 Å². The molecule has 1 heterocycles. The number of aryl methyl sites for hydroxylation is 1. The topological polar surface area (TPSA) is 70.7 Å². The second kappa shape index (κ2) is 6.04. The number of carbonyl (C=O) groups excluding carboxylic acids is 1. The van der Waals surface area contributed by atoms with Crippen molar-refractivity contribution in [1.82, 2.24) is 20.7 Å². The SMILES string of the molecule is Cc1n[nH]nc1C(=O)NCCc1ccc(Cl)cc1Cl. The Morgan fingerprint density at radius 3 is 2.79 bits per heavy atom. The van der Waals surface area contributed by atoms with Crippen molar-refractivity contribution in [3.63, 3.8) is 0 Å². The Labute approximate surface area is 120 Å². The van der Waals surface area contributed by atoms with E-state index in [1.807, 2.05) is 6.07 Å². The van der Waals surface area contributed by atoms with Gasteiger partial charge in [0.15, 0.2) is 5.69 Å². The van der Waals surface area contributed by atoms with E-state index >= 15 is 0 Å². The summed E-state index contributed by atoms with van der Waals surface area (Å²) in [4.78, 5) is 11.8. The van der Waals surface area contributed by atoms with Crippen molar-refractivity contribution in [2.45, 2.75) is 13.3 Å². The lowest BCUT2D eigenvalue weighted by Crippen LogP contribution is -2.26. The largest absolute Gasteiger partial charge is 0.350 e. The van der Waals surface area contributed by atoms with Gasteiger partial charge in [-0.05, 0) is 31.0 Å². The summed E-state index contributed by atoms with van der Waals surface area (Å²) in [5.41, 5.74) is 1.81. The van der Waals surface area contributed by atoms with Gasteiger partial charge >= 0.3 is 0 Å². The molecule has 1 aromatic heterocycles. The predicted molar refractivity (Wildman–Crippen MR) is 73.6 cm³/mol. The van der Waals surface area contributed by atoms with Gasteiger partial charge in [-0.1, -0.05) is 29.3 Å². The first-order valence-corrected chi connectivity index (χ1v) is 6.43. The van der Waals surface area contributed by atoms with E-state index in [0.717, 1.165) is 5.56 Å². The molecule has 0 aliphatic carbocycles. The quantitative estimate of drug-likeness (QED) is 0.910. The van der Waals surface area contributed by atoms with Crippen molar-refractivity contribution in [3.8, 4) is 0 Å². The zero-order chi connectivity index (χ0) is 13.8. The number of aromatic amines is 1.